The van der Waals surface area contributed by atoms with Gasteiger partial charge in [-0.15, -0.1) is 0 Å². The van der Waals surface area contributed by atoms with Crippen LogP contribution in [0, 0.1) is 5.92 Å². The van der Waals surface area contributed by atoms with Gasteiger partial charge in [0.25, 0.3) is 5.91 Å². The number of carbonyl (C=O) groups is 2. The van der Waals surface area contributed by atoms with Gasteiger partial charge in [-0.1, -0.05) is 12.1 Å². The Bertz CT molecular complexity index is 787. The number of hydrogen-bond donors (Lipinski definition) is 1. The number of anilines is 1. The van der Waals surface area contributed by atoms with E-state index in [-0.39, 0.29) is 18.4 Å². The van der Waals surface area contributed by atoms with Crippen LogP contribution in [0.1, 0.15) is 36.0 Å². The molecule has 7 nitrogen and oxygen atoms in total. The minimum Gasteiger partial charge on any atom is -0.339 e. The van der Waals surface area contributed by atoms with E-state index in [4.69, 9.17) is 0 Å². The Hall–Kier alpha value is -1.93. The Balaban J connectivity index is 1.72. The molecule has 0 unspecified atom stereocenters. The second-order valence-corrected chi connectivity index (χ2v) is 8.98. The number of nitrogens with one attached hydrogen (secondary N) is 1. The highest BCUT2D eigenvalue weighted by Crippen LogP contribution is 2.24. The van der Waals surface area contributed by atoms with Gasteiger partial charge in [0.15, 0.2) is 0 Å². The summed E-state index contributed by atoms with van der Waals surface area (Å²) in [5, 5.41) is 2.85. The first-order valence-electron chi connectivity index (χ1n) is 9.00. The van der Waals surface area contributed by atoms with Gasteiger partial charge >= 0.3 is 0 Å². The molecule has 0 radical (unpaired) electrons. The summed E-state index contributed by atoms with van der Waals surface area (Å²) < 4.78 is 24.8. The quantitative estimate of drug-likeness (QED) is 0.860. The fourth-order valence-corrected chi connectivity index (χ4v) is 4.47. The highest BCUT2D eigenvalue weighted by molar-refractivity contribution is 7.88. The molecule has 0 aliphatic carbocycles. The van der Waals surface area contributed by atoms with Crippen LogP contribution in [-0.4, -0.2) is 61.9 Å². The van der Waals surface area contributed by atoms with Crippen molar-refractivity contribution in [2.75, 3.05) is 37.8 Å². The molecule has 26 heavy (non-hydrogen) atoms. The molecule has 2 aliphatic heterocycles. The normalized spacial score (nSPS) is 21.6. The predicted octanol–water partition coefficient (Wildman–Crippen LogP) is 1.53. The maximum absolute atomic E-state index is 12.7. The number of nitrogens with zero attached hydrogens (tertiary/aromatic N) is 2. The monoisotopic (exact) mass is 379 g/mol. The number of likely N-dealkylation sites (tertiary alicyclic amines) is 1. The number of carbonyl (C=O) groups excluding carboxylic acids is 2. The second-order valence-electron chi connectivity index (χ2n) is 6.99. The Labute approximate surface area is 154 Å². The third-order valence-corrected chi connectivity index (χ3v) is 6.30. The molecule has 2 fully saturated rings. The number of hydrogen-bond acceptors (Lipinski definition) is 4. The molecule has 2 heterocycles. The summed E-state index contributed by atoms with van der Waals surface area (Å²) >= 11 is 0. The molecule has 0 aromatic heterocycles. The number of amides is 2. The van der Waals surface area contributed by atoms with Gasteiger partial charge in [0.2, 0.25) is 15.9 Å². The molecule has 2 saturated heterocycles. The smallest absolute Gasteiger partial charge is 0.255 e. The van der Waals surface area contributed by atoms with E-state index in [0.29, 0.717) is 30.6 Å². The van der Waals surface area contributed by atoms with Crippen molar-refractivity contribution in [1.82, 2.24) is 9.21 Å². The fraction of sp³-hybridized carbons (Fsp3) is 0.556. The summed E-state index contributed by atoms with van der Waals surface area (Å²) in [6, 6.07) is 7.00. The van der Waals surface area contributed by atoms with Crippen molar-refractivity contribution in [2.45, 2.75) is 25.7 Å². The molecule has 3 rings (SSSR count). The van der Waals surface area contributed by atoms with Gasteiger partial charge in [0, 0.05) is 26.2 Å². The first-order chi connectivity index (χ1) is 12.4. The molecule has 2 aliphatic rings. The Morgan fingerprint density at radius 1 is 1.08 bits per heavy atom. The topological polar surface area (TPSA) is 86.8 Å². The largest absolute Gasteiger partial charge is 0.339 e. The van der Waals surface area contributed by atoms with Gasteiger partial charge in [-0.05, 0) is 37.8 Å². The van der Waals surface area contributed by atoms with E-state index in [0.717, 1.165) is 32.2 Å². The molecule has 8 heteroatoms. The average Bonchev–Trinajstić information content (AvgIpc) is 3.15. The first kappa shape index (κ1) is 18.8. The van der Waals surface area contributed by atoms with E-state index in [2.05, 4.69) is 5.32 Å². The standard InChI is InChI=1S/C18H25N3O4S/c1-26(24,25)21-12-6-7-14(13-21)17(22)19-16-9-3-2-8-15(16)18(23)20-10-4-5-11-20/h2-3,8-9,14H,4-7,10-13H2,1H3,(H,19,22)/t14-/m0/s1. The molecule has 2 amide bonds. The van der Waals surface area contributed by atoms with E-state index >= 15 is 0 Å². The van der Waals surface area contributed by atoms with Crippen LogP contribution in [-0.2, 0) is 14.8 Å². The molecule has 1 aromatic rings. The van der Waals surface area contributed by atoms with E-state index < -0.39 is 15.9 Å². The van der Waals surface area contributed by atoms with Crippen LogP contribution in [0.15, 0.2) is 24.3 Å². The zero-order valence-corrected chi connectivity index (χ0v) is 15.8. The summed E-state index contributed by atoms with van der Waals surface area (Å²) in [7, 11) is -3.31. The predicted molar refractivity (Wildman–Crippen MR) is 99.4 cm³/mol. The van der Waals surface area contributed by atoms with Gasteiger partial charge in [0.1, 0.15) is 0 Å². The first-order valence-corrected chi connectivity index (χ1v) is 10.9. The minimum absolute atomic E-state index is 0.0696. The highest BCUT2D eigenvalue weighted by Gasteiger charge is 2.31. The minimum atomic E-state index is -3.31. The van der Waals surface area contributed by atoms with Crippen LogP contribution >= 0.6 is 0 Å². The summed E-state index contributed by atoms with van der Waals surface area (Å²) in [5.41, 5.74) is 0.976. The van der Waals surface area contributed by atoms with Gasteiger partial charge in [0.05, 0.1) is 23.4 Å². The Morgan fingerprint density at radius 3 is 2.46 bits per heavy atom. The van der Waals surface area contributed by atoms with Crippen LogP contribution in [0.2, 0.25) is 0 Å². The van der Waals surface area contributed by atoms with Crippen molar-refractivity contribution in [3.63, 3.8) is 0 Å². The molecule has 1 atom stereocenters. The van der Waals surface area contributed by atoms with Crippen molar-refractivity contribution in [3.05, 3.63) is 29.8 Å². The van der Waals surface area contributed by atoms with Crippen molar-refractivity contribution < 1.29 is 18.0 Å². The lowest BCUT2D eigenvalue weighted by Gasteiger charge is -2.30. The second kappa shape index (κ2) is 7.75. The summed E-state index contributed by atoms with van der Waals surface area (Å²) in [5.74, 6) is -0.715. The van der Waals surface area contributed by atoms with E-state index in [1.165, 1.54) is 4.31 Å². The van der Waals surface area contributed by atoms with Gasteiger partial charge in [-0.2, -0.15) is 0 Å². The lowest BCUT2D eigenvalue weighted by molar-refractivity contribution is -0.120. The number of benzene rings is 1. The van der Waals surface area contributed by atoms with E-state index in [1.54, 1.807) is 29.2 Å². The number of rotatable bonds is 4. The van der Waals surface area contributed by atoms with Gasteiger partial charge in [-0.25, -0.2) is 12.7 Å². The molecular weight excluding hydrogens is 354 g/mol. The van der Waals surface area contributed by atoms with Crippen LogP contribution in [0.5, 0.6) is 0 Å². The highest BCUT2D eigenvalue weighted by atomic mass is 32.2. The average molecular weight is 379 g/mol. The zero-order valence-electron chi connectivity index (χ0n) is 15.0. The fourth-order valence-electron chi connectivity index (χ4n) is 3.56. The zero-order chi connectivity index (χ0) is 18.7. The van der Waals surface area contributed by atoms with Crippen molar-refractivity contribution in [1.29, 1.82) is 0 Å². The van der Waals surface area contributed by atoms with E-state index in [9.17, 15) is 18.0 Å². The third-order valence-electron chi connectivity index (χ3n) is 5.03. The molecule has 0 saturated carbocycles. The SMILES string of the molecule is CS(=O)(=O)N1CCC[C@H](C(=O)Nc2ccccc2C(=O)N2CCCC2)C1. The van der Waals surface area contributed by atoms with Crippen molar-refractivity contribution >= 4 is 27.5 Å². The van der Waals surface area contributed by atoms with E-state index in [1.807, 2.05) is 0 Å². The molecular formula is C18H25N3O4S. The maximum atomic E-state index is 12.7. The van der Waals surface area contributed by atoms with Crippen LogP contribution in [0.3, 0.4) is 0 Å². The summed E-state index contributed by atoms with van der Waals surface area (Å²) in [4.78, 5) is 27.2. The summed E-state index contributed by atoms with van der Waals surface area (Å²) in [6.07, 6.45) is 4.46. The molecule has 0 spiro atoms. The third kappa shape index (κ3) is 4.24. The molecule has 1 aromatic carbocycles. The molecule has 142 valence electrons. The Morgan fingerprint density at radius 2 is 1.77 bits per heavy atom. The van der Waals surface area contributed by atoms with Gasteiger partial charge in [-0.3, -0.25) is 9.59 Å². The summed E-state index contributed by atoms with van der Waals surface area (Å²) in [6.45, 7) is 2.12. The molecule has 1 N–H and O–H groups in total. The number of para-hydroxylation sites is 1. The lowest BCUT2D eigenvalue weighted by Crippen LogP contribution is -2.43. The van der Waals surface area contributed by atoms with Crippen LogP contribution in [0.25, 0.3) is 0 Å². The molecule has 0 bridgehead atoms. The van der Waals surface area contributed by atoms with Crippen LogP contribution in [0.4, 0.5) is 5.69 Å². The Kier molecular flexibility index (Phi) is 5.62. The lowest BCUT2D eigenvalue weighted by atomic mass is 9.98. The number of sulfonamides is 1. The van der Waals surface area contributed by atoms with Crippen molar-refractivity contribution in [3.8, 4) is 0 Å². The maximum Gasteiger partial charge on any atom is 0.255 e. The van der Waals surface area contributed by atoms with Crippen molar-refractivity contribution in [2.24, 2.45) is 5.92 Å². The van der Waals surface area contributed by atoms with Gasteiger partial charge < -0.3 is 10.2 Å². The number of piperidine rings is 1. The van der Waals surface area contributed by atoms with Crippen LogP contribution < -0.4 is 5.32 Å².